The van der Waals surface area contributed by atoms with Crippen LogP contribution < -0.4 is 10.3 Å². The highest BCUT2D eigenvalue weighted by Gasteiger charge is 2.34. The van der Waals surface area contributed by atoms with Gasteiger partial charge in [-0.1, -0.05) is 91.9 Å². The number of rotatable bonds is 12. The zero-order valence-electron chi connectivity index (χ0n) is 24.9. The van der Waals surface area contributed by atoms with Crippen LogP contribution in [0.15, 0.2) is 114 Å². The highest BCUT2D eigenvalue weighted by atomic mass is 16.5. The number of hydrogen-bond acceptors (Lipinski definition) is 5. The third-order valence-electron chi connectivity index (χ3n) is 7.73. The van der Waals surface area contributed by atoms with Crippen LogP contribution in [-0.4, -0.2) is 47.7 Å². The predicted octanol–water partition coefficient (Wildman–Crippen LogP) is 6.54. The molecular weight excluding hydrogens is 538 g/mol. The Labute approximate surface area is 252 Å². The molecule has 1 amide bonds. The second kappa shape index (κ2) is 13.9. The number of carbonyl (C=O) groups excluding carboxylic acids is 1. The maximum atomic E-state index is 14.9. The van der Waals surface area contributed by atoms with Crippen molar-refractivity contribution < 1.29 is 14.3 Å². The quantitative estimate of drug-likeness (QED) is 0.158. The van der Waals surface area contributed by atoms with Crippen molar-refractivity contribution >= 4 is 16.8 Å². The highest BCUT2D eigenvalue weighted by Crippen LogP contribution is 2.34. The molecule has 0 bridgehead atoms. The molecule has 43 heavy (non-hydrogen) atoms. The molecule has 1 heterocycles. The number of fused-ring (bicyclic) bond motifs is 1. The molecule has 0 saturated heterocycles. The Morgan fingerprint density at radius 2 is 1.44 bits per heavy atom. The van der Waals surface area contributed by atoms with Gasteiger partial charge in [-0.2, -0.15) is 0 Å². The van der Waals surface area contributed by atoms with Crippen molar-refractivity contribution in [1.82, 2.24) is 14.5 Å². The van der Waals surface area contributed by atoms with Gasteiger partial charge in [0.15, 0.2) is 0 Å². The lowest BCUT2D eigenvalue weighted by molar-refractivity contribution is -0.135. The van der Waals surface area contributed by atoms with E-state index in [2.05, 4.69) is 0 Å². The number of benzene rings is 4. The summed E-state index contributed by atoms with van der Waals surface area (Å²) in [6.45, 7) is 2.94. The van der Waals surface area contributed by atoms with Crippen LogP contribution in [0.5, 0.6) is 5.75 Å². The zero-order chi connectivity index (χ0) is 30.2. The third kappa shape index (κ3) is 6.22. The normalized spacial score (nSPS) is 11.9. The molecule has 0 aliphatic carbocycles. The first-order valence-electron chi connectivity index (χ1n) is 14.6. The van der Waals surface area contributed by atoms with Crippen molar-refractivity contribution in [1.29, 1.82) is 0 Å². The van der Waals surface area contributed by atoms with Gasteiger partial charge in [-0.25, -0.2) is 4.98 Å². The molecule has 0 aliphatic rings. The number of amides is 1. The number of methoxy groups -OCH3 is 2. The van der Waals surface area contributed by atoms with Crippen LogP contribution in [0, 0.1) is 0 Å². The summed E-state index contributed by atoms with van der Waals surface area (Å²) >= 11 is 0. The molecule has 5 aromatic rings. The van der Waals surface area contributed by atoms with Crippen LogP contribution in [0.2, 0.25) is 0 Å². The van der Waals surface area contributed by atoms with Crippen LogP contribution in [-0.2, 0) is 9.53 Å². The summed E-state index contributed by atoms with van der Waals surface area (Å²) in [5.41, 5.74) is 2.75. The monoisotopic (exact) mass is 575 g/mol. The molecule has 4 aromatic carbocycles. The molecule has 5 rings (SSSR count). The standard InChI is InChI=1S/C36H37N3O4/c1-4-30(34-37-29-21-12-11-20-28(29)35(40)39(34)31-22-13-14-23-32(31)43-3)38(24-15-25-42-2)36(41)33(26-16-7-5-8-17-26)27-18-9-6-10-19-27/h5-14,16-23,30,33H,4,15,24-25H2,1-3H3. The van der Waals surface area contributed by atoms with Crippen LogP contribution >= 0.6 is 0 Å². The van der Waals surface area contributed by atoms with Crippen LogP contribution in [0.4, 0.5) is 0 Å². The second-order valence-electron chi connectivity index (χ2n) is 10.4. The Bertz CT molecular complexity index is 1680. The molecule has 1 atom stereocenters. The number of hydrogen-bond donors (Lipinski definition) is 0. The summed E-state index contributed by atoms with van der Waals surface area (Å²) in [6.07, 6.45) is 1.16. The minimum Gasteiger partial charge on any atom is -0.495 e. The first-order chi connectivity index (χ1) is 21.1. The van der Waals surface area contributed by atoms with E-state index in [1.807, 2.05) is 115 Å². The second-order valence-corrected chi connectivity index (χ2v) is 10.4. The summed E-state index contributed by atoms with van der Waals surface area (Å²) in [5, 5.41) is 0.496. The molecule has 0 N–H and O–H groups in total. The number of carbonyl (C=O) groups is 1. The van der Waals surface area contributed by atoms with Gasteiger partial charge in [-0.3, -0.25) is 14.2 Å². The maximum absolute atomic E-state index is 14.9. The van der Waals surface area contributed by atoms with Gasteiger partial charge < -0.3 is 14.4 Å². The topological polar surface area (TPSA) is 73.7 Å². The molecule has 0 aliphatic heterocycles. The molecule has 1 aromatic heterocycles. The van der Waals surface area contributed by atoms with E-state index < -0.39 is 12.0 Å². The minimum absolute atomic E-state index is 0.0608. The number of nitrogens with zero attached hydrogens (tertiary/aromatic N) is 3. The zero-order valence-corrected chi connectivity index (χ0v) is 24.9. The van der Waals surface area contributed by atoms with Gasteiger partial charge >= 0.3 is 0 Å². The van der Waals surface area contributed by atoms with Gasteiger partial charge in [0.1, 0.15) is 11.6 Å². The molecule has 220 valence electrons. The molecule has 7 heteroatoms. The average molecular weight is 576 g/mol. The fraction of sp³-hybridized carbons (Fsp3) is 0.250. The van der Waals surface area contributed by atoms with Crippen molar-refractivity contribution in [2.24, 2.45) is 0 Å². The fourth-order valence-corrected chi connectivity index (χ4v) is 5.70. The van der Waals surface area contributed by atoms with Crippen LogP contribution in [0.1, 0.15) is 48.7 Å². The number of aromatic nitrogens is 2. The summed E-state index contributed by atoms with van der Waals surface area (Å²) in [7, 11) is 3.24. The van der Waals surface area contributed by atoms with E-state index in [0.717, 1.165) is 11.1 Å². The molecular formula is C36H37N3O4. The highest BCUT2D eigenvalue weighted by molar-refractivity contribution is 5.87. The van der Waals surface area contributed by atoms with E-state index in [0.29, 0.717) is 54.2 Å². The SMILES string of the molecule is CCC(c1nc2ccccc2c(=O)n1-c1ccccc1OC)N(CCCOC)C(=O)C(c1ccccc1)c1ccccc1. The van der Waals surface area contributed by atoms with E-state index in [1.165, 1.54) is 0 Å². The molecule has 0 radical (unpaired) electrons. The summed E-state index contributed by atoms with van der Waals surface area (Å²) in [6, 6.07) is 33.9. The molecule has 0 spiro atoms. The number of ether oxygens (including phenoxy) is 2. The van der Waals surface area contributed by atoms with Crippen molar-refractivity contribution in [2.45, 2.75) is 31.7 Å². The van der Waals surface area contributed by atoms with E-state index in [-0.39, 0.29) is 11.5 Å². The summed E-state index contributed by atoms with van der Waals surface area (Å²) in [5.74, 6) is 0.433. The van der Waals surface area contributed by atoms with E-state index in [1.54, 1.807) is 24.9 Å². The van der Waals surface area contributed by atoms with Gasteiger partial charge in [-0.05, 0) is 48.2 Å². The number of para-hydroxylation sites is 3. The van der Waals surface area contributed by atoms with E-state index in [9.17, 15) is 9.59 Å². The Hall–Kier alpha value is -4.75. The molecule has 0 fully saturated rings. The fourth-order valence-electron chi connectivity index (χ4n) is 5.70. The summed E-state index contributed by atoms with van der Waals surface area (Å²) in [4.78, 5) is 36.0. The lowest BCUT2D eigenvalue weighted by Crippen LogP contribution is -2.42. The summed E-state index contributed by atoms with van der Waals surface area (Å²) < 4.78 is 12.7. The van der Waals surface area contributed by atoms with Gasteiger partial charge in [0, 0.05) is 20.3 Å². The molecule has 1 unspecified atom stereocenters. The van der Waals surface area contributed by atoms with Gasteiger partial charge in [-0.15, -0.1) is 0 Å². The Kier molecular flexibility index (Phi) is 9.64. The van der Waals surface area contributed by atoms with Crippen LogP contribution in [0.25, 0.3) is 16.6 Å². The first kappa shape index (κ1) is 29.7. The smallest absolute Gasteiger partial charge is 0.266 e. The Morgan fingerprint density at radius 3 is 2.07 bits per heavy atom. The van der Waals surface area contributed by atoms with E-state index in [4.69, 9.17) is 14.5 Å². The average Bonchev–Trinajstić information content (AvgIpc) is 3.05. The van der Waals surface area contributed by atoms with Crippen molar-refractivity contribution in [3.05, 3.63) is 136 Å². The predicted molar refractivity (Wildman–Crippen MR) is 170 cm³/mol. The Morgan fingerprint density at radius 1 is 0.837 bits per heavy atom. The van der Waals surface area contributed by atoms with Crippen molar-refractivity contribution in [2.75, 3.05) is 27.4 Å². The lowest BCUT2D eigenvalue weighted by atomic mass is 9.89. The maximum Gasteiger partial charge on any atom is 0.266 e. The van der Waals surface area contributed by atoms with Gasteiger partial charge in [0.05, 0.1) is 35.7 Å². The minimum atomic E-state index is -0.536. The lowest BCUT2D eigenvalue weighted by Gasteiger charge is -2.35. The molecule has 7 nitrogen and oxygen atoms in total. The first-order valence-corrected chi connectivity index (χ1v) is 14.6. The van der Waals surface area contributed by atoms with Gasteiger partial charge in [0.2, 0.25) is 5.91 Å². The van der Waals surface area contributed by atoms with E-state index >= 15 is 0 Å². The largest absolute Gasteiger partial charge is 0.495 e. The van der Waals surface area contributed by atoms with Crippen molar-refractivity contribution in [3.8, 4) is 11.4 Å². The van der Waals surface area contributed by atoms with Crippen molar-refractivity contribution in [3.63, 3.8) is 0 Å². The van der Waals surface area contributed by atoms with Crippen LogP contribution in [0.3, 0.4) is 0 Å². The molecule has 0 saturated carbocycles. The Balaban J connectivity index is 1.73. The van der Waals surface area contributed by atoms with Gasteiger partial charge in [0.25, 0.3) is 5.56 Å². The third-order valence-corrected chi connectivity index (χ3v) is 7.73.